The van der Waals surface area contributed by atoms with Gasteiger partial charge in [0, 0.05) is 17.5 Å². The third-order valence-electron chi connectivity index (χ3n) is 4.64. The summed E-state index contributed by atoms with van der Waals surface area (Å²) in [7, 11) is 0. The highest BCUT2D eigenvalue weighted by Gasteiger charge is 2.31. The SMILES string of the molecule is CC(C)c1nc(CN2CCC[C@H]2c2cccc3c2OCCO3)no1. The van der Waals surface area contributed by atoms with Crippen molar-refractivity contribution >= 4 is 0 Å². The predicted octanol–water partition coefficient (Wildman–Crippen LogP) is 3.30. The van der Waals surface area contributed by atoms with Crippen LogP contribution in [0.1, 0.15) is 55.9 Å². The molecule has 0 spiro atoms. The minimum absolute atomic E-state index is 0.257. The van der Waals surface area contributed by atoms with Crippen molar-refractivity contribution in [3.63, 3.8) is 0 Å². The number of para-hydroxylation sites is 1. The third-order valence-corrected chi connectivity index (χ3v) is 4.64. The smallest absolute Gasteiger partial charge is 0.229 e. The van der Waals surface area contributed by atoms with Crippen LogP contribution < -0.4 is 9.47 Å². The van der Waals surface area contributed by atoms with Crippen LogP contribution in [0.5, 0.6) is 11.5 Å². The van der Waals surface area contributed by atoms with Crippen LogP contribution in [0.4, 0.5) is 0 Å². The zero-order valence-corrected chi connectivity index (χ0v) is 14.2. The second-order valence-corrected chi connectivity index (χ2v) is 6.70. The van der Waals surface area contributed by atoms with Crippen molar-refractivity contribution in [3.8, 4) is 11.5 Å². The molecule has 6 heteroatoms. The maximum Gasteiger partial charge on any atom is 0.229 e. The van der Waals surface area contributed by atoms with Crippen LogP contribution in [0.15, 0.2) is 22.7 Å². The van der Waals surface area contributed by atoms with Gasteiger partial charge in [-0.25, -0.2) is 0 Å². The van der Waals surface area contributed by atoms with Gasteiger partial charge in [-0.1, -0.05) is 31.1 Å². The first kappa shape index (κ1) is 15.4. The maximum atomic E-state index is 5.90. The Hall–Kier alpha value is -2.08. The molecule has 2 aliphatic heterocycles. The van der Waals surface area contributed by atoms with E-state index in [1.165, 1.54) is 5.56 Å². The summed E-state index contributed by atoms with van der Waals surface area (Å²) in [5, 5.41) is 4.13. The summed E-state index contributed by atoms with van der Waals surface area (Å²) in [6.07, 6.45) is 2.26. The molecule has 1 saturated heterocycles. The van der Waals surface area contributed by atoms with Gasteiger partial charge in [-0.15, -0.1) is 0 Å². The van der Waals surface area contributed by atoms with Gasteiger partial charge in [0.05, 0.1) is 6.54 Å². The number of likely N-dealkylation sites (tertiary alicyclic amines) is 1. The molecule has 24 heavy (non-hydrogen) atoms. The Balaban J connectivity index is 1.57. The summed E-state index contributed by atoms with van der Waals surface area (Å²) in [5.74, 6) is 3.47. The lowest BCUT2D eigenvalue weighted by Gasteiger charge is -2.28. The molecule has 0 aliphatic carbocycles. The van der Waals surface area contributed by atoms with Crippen LogP contribution in [0.2, 0.25) is 0 Å². The minimum atomic E-state index is 0.257. The molecule has 3 heterocycles. The summed E-state index contributed by atoms with van der Waals surface area (Å²) < 4.78 is 17.0. The zero-order chi connectivity index (χ0) is 16.5. The van der Waals surface area contributed by atoms with Crippen molar-refractivity contribution in [2.45, 2.75) is 45.2 Å². The summed E-state index contributed by atoms with van der Waals surface area (Å²) in [4.78, 5) is 6.92. The Morgan fingerprint density at radius 3 is 2.96 bits per heavy atom. The normalized spacial score (nSPS) is 20.7. The van der Waals surface area contributed by atoms with Crippen LogP contribution in [-0.2, 0) is 6.54 Å². The summed E-state index contributed by atoms with van der Waals surface area (Å²) in [6, 6.07) is 6.48. The van der Waals surface area contributed by atoms with E-state index in [-0.39, 0.29) is 5.92 Å². The number of hydrogen-bond donors (Lipinski definition) is 0. The molecule has 1 atom stereocenters. The van der Waals surface area contributed by atoms with Gasteiger partial charge in [-0.3, -0.25) is 4.90 Å². The number of fused-ring (bicyclic) bond motifs is 1. The molecule has 0 unspecified atom stereocenters. The van der Waals surface area contributed by atoms with E-state index in [2.05, 4.69) is 35.0 Å². The molecular weight excluding hydrogens is 306 g/mol. The van der Waals surface area contributed by atoms with Gasteiger partial charge in [0.2, 0.25) is 5.89 Å². The molecule has 2 aliphatic rings. The lowest BCUT2D eigenvalue weighted by Crippen LogP contribution is -2.25. The van der Waals surface area contributed by atoms with Crippen molar-refractivity contribution in [1.29, 1.82) is 0 Å². The molecule has 4 rings (SSSR count). The Labute approximate surface area is 141 Å². The molecule has 0 bridgehead atoms. The van der Waals surface area contributed by atoms with Crippen LogP contribution >= 0.6 is 0 Å². The monoisotopic (exact) mass is 329 g/mol. The van der Waals surface area contributed by atoms with Gasteiger partial charge >= 0.3 is 0 Å². The van der Waals surface area contributed by atoms with E-state index in [9.17, 15) is 0 Å². The fraction of sp³-hybridized carbons (Fsp3) is 0.556. The molecule has 1 aromatic heterocycles. The fourth-order valence-electron chi connectivity index (χ4n) is 3.47. The van der Waals surface area contributed by atoms with E-state index in [0.717, 1.165) is 36.7 Å². The highest BCUT2D eigenvalue weighted by molar-refractivity contribution is 5.49. The largest absolute Gasteiger partial charge is 0.486 e. The predicted molar refractivity (Wildman–Crippen MR) is 88.2 cm³/mol. The van der Waals surface area contributed by atoms with E-state index < -0.39 is 0 Å². The second-order valence-electron chi connectivity index (χ2n) is 6.70. The Morgan fingerprint density at radius 1 is 1.25 bits per heavy atom. The van der Waals surface area contributed by atoms with Gasteiger partial charge in [0.1, 0.15) is 13.2 Å². The van der Waals surface area contributed by atoms with Gasteiger partial charge < -0.3 is 14.0 Å². The van der Waals surface area contributed by atoms with Gasteiger partial charge in [-0.05, 0) is 25.5 Å². The molecule has 2 aromatic rings. The molecule has 128 valence electrons. The second kappa shape index (κ2) is 6.43. The average molecular weight is 329 g/mol. The summed E-state index contributed by atoms with van der Waals surface area (Å²) in [5.41, 5.74) is 1.21. The fourth-order valence-corrected chi connectivity index (χ4v) is 3.47. The van der Waals surface area contributed by atoms with Crippen molar-refractivity contribution in [2.24, 2.45) is 0 Å². The highest BCUT2D eigenvalue weighted by atomic mass is 16.6. The standard InChI is InChI=1S/C18H23N3O3/c1-12(2)18-19-16(20-24-18)11-21-8-4-6-14(21)13-5-3-7-15-17(13)23-10-9-22-15/h3,5,7,12,14H,4,6,8-11H2,1-2H3/t14-/m0/s1. The first-order valence-electron chi connectivity index (χ1n) is 8.67. The third kappa shape index (κ3) is 2.86. The first-order valence-corrected chi connectivity index (χ1v) is 8.67. The quantitative estimate of drug-likeness (QED) is 0.858. The molecule has 1 aromatic carbocycles. The molecule has 6 nitrogen and oxygen atoms in total. The van der Waals surface area contributed by atoms with E-state index >= 15 is 0 Å². The van der Waals surface area contributed by atoms with E-state index in [4.69, 9.17) is 14.0 Å². The molecule has 0 N–H and O–H groups in total. The van der Waals surface area contributed by atoms with Gasteiger partial charge in [0.25, 0.3) is 0 Å². The van der Waals surface area contributed by atoms with Crippen molar-refractivity contribution in [1.82, 2.24) is 15.0 Å². The van der Waals surface area contributed by atoms with Crippen LogP contribution in [0.25, 0.3) is 0 Å². The lowest BCUT2D eigenvalue weighted by molar-refractivity contribution is 0.163. The zero-order valence-electron chi connectivity index (χ0n) is 14.2. The molecule has 0 saturated carbocycles. The number of rotatable bonds is 4. The number of aromatic nitrogens is 2. The van der Waals surface area contributed by atoms with E-state index in [0.29, 0.717) is 31.7 Å². The molecule has 1 fully saturated rings. The topological polar surface area (TPSA) is 60.6 Å². The van der Waals surface area contributed by atoms with Crippen molar-refractivity contribution in [3.05, 3.63) is 35.5 Å². The van der Waals surface area contributed by atoms with E-state index in [1.807, 2.05) is 12.1 Å². The van der Waals surface area contributed by atoms with E-state index in [1.54, 1.807) is 0 Å². The number of ether oxygens (including phenoxy) is 2. The first-order chi connectivity index (χ1) is 11.7. The Kier molecular flexibility index (Phi) is 4.14. The maximum absolute atomic E-state index is 5.90. The Bertz CT molecular complexity index is 713. The average Bonchev–Trinajstić information content (AvgIpc) is 3.24. The number of benzene rings is 1. The summed E-state index contributed by atoms with van der Waals surface area (Å²) >= 11 is 0. The Morgan fingerprint density at radius 2 is 2.12 bits per heavy atom. The summed E-state index contributed by atoms with van der Waals surface area (Å²) in [6.45, 7) is 7.07. The minimum Gasteiger partial charge on any atom is -0.486 e. The lowest BCUT2D eigenvalue weighted by atomic mass is 10.0. The highest BCUT2D eigenvalue weighted by Crippen LogP contribution is 2.43. The number of nitrogens with zero attached hydrogens (tertiary/aromatic N) is 3. The van der Waals surface area contributed by atoms with Gasteiger partial charge in [-0.2, -0.15) is 4.98 Å². The van der Waals surface area contributed by atoms with Crippen LogP contribution in [-0.4, -0.2) is 34.8 Å². The van der Waals surface area contributed by atoms with Gasteiger partial charge in [0.15, 0.2) is 17.3 Å². The molecule has 0 radical (unpaired) electrons. The molecule has 0 amide bonds. The van der Waals surface area contributed by atoms with Crippen LogP contribution in [0, 0.1) is 0 Å². The van der Waals surface area contributed by atoms with Crippen molar-refractivity contribution < 1.29 is 14.0 Å². The van der Waals surface area contributed by atoms with Crippen LogP contribution in [0.3, 0.4) is 0 Å². The van der Waals surface area contributed by atoms with Crippen molar-refractivity contribution in [2.75, 3.05) is 19.8 Å². The molecular formula is C18H23N3O3. The number of hydrogen-bond acceptors (Lipinski definition) is 6.